The molecule has 0 saturated carbocycles. The second-order valence-electron chi connectivity index (χ2n) is 7.14. The standard InChI is InChI=1S/C21H27N3O3S/c1-3-24-15-7-10-19(24)16-22-21(25)17-11-13-20(14-12-17)28(26,27)23(2)18-8-5-4-6-9-18/h4-6,8-9,11-14,19H,3,7,10,15-16H2,1-2H3,(H,22,25)/p+1/t19-/m1/s1. The average Bonchev–Trinajstić information content (AvgIpc) is 3.19. The van der Waals surface area contributed by atoms with Gasteiger partial charge in [0.25, 0.3) is 15.9 Å². The number of nitrogens with one attached hydrogen (secondary N) is 2. The first-order chi connectivity index (χ1) is 13.4. The Morgan fingerprint density at radius 2 is 1.82 bits per heavy atom. The zero-order valence-corrected chi connectivity index (χ0v) is 17.2. The lowest BCUT2D eigenvalue weighted by Crippen LogP contribution is -3.14. The number of anilines is 1. The molecule has 1 fully saturated rings. The molecule has 0 spiro atoms. The first kappa shape index (κ1) is 20.4. The van der Waals surface area contributed by atoms with Crippen molar-refractivity contribution in [1.29, 1.82) is 0 Å². The third-order valence-corrected chi connectivity index (χ3v) is 7.29. The Balaban J connectivity index is 1.66. The maximum Gasteiger partial charge on any atom is 0.264 e. The number of likely N-dealkylation sites (N-methyl/N-ethyl adjacent to an activating group) is 1. The maximum atomic E-state index is 12.8. The molecule has 2 N–H and O–H groups in total. The highest BCUT2D eigenvalue weighted by Gasteiger charge is 2.27. The fourth-order valence-corrected chi connectivity index (χ4v) is 4.92. The van der Waals surface area contributed by atoms with Crippen LogP contribution >= 0.6 is 0 Å². The summed E-state index contributed by atoms with van der Waals surface area (Å²) in [6.45, 7) is 5.06. The Hall–Kier alpha value is -2.38. The lowest BCUT2D eigenvalue weighted by atomic mass is 10.2. The number of benzene rings is 2. The van der Waals surface area contributed by atoms with Crippen molar-refractivity contribution in [2.24, 2.45) is 0 Å². The van der Waals surface area contributed by atoms with Crippen LogP contribution in [0.5, 0.6) is 0 Å². The molecule has 28 heavy (non-hydrogen) atoms. The molecule has 6 nitrogen and oxygen atoms in total. The molecular formula is C21H28N3O3S+. The van der Waals surface area contributed by atoms with Crippen molar-refractivity contribution in [2.75, 3.05) is 31.0 Å². The summed E-state index contributed by atoms with van der Waals surface area (Å²) in [6, 6.07) is 15.5. The van der Waals surface area contributed by atoms with Gasteiger partial charge in [0.1, 0.15) is 6.04 Å². The van der Waals surface area contributed by atoms with E-state index in [2.05, 4.69) is 12.2 Å². The van der Waals surface area contributed by atoms with Gasteiger partial charge in [-0.05, 0) is 43.3 Å². The Labute approximate surface area is 167 Å². The van der Waals surface area contributed by atoms with Crippen molar-refractivity contribution in [2.45, 2.75) is 30.7 Å². The molecule has 1 unspecified atom stereocenters. The van der Waals surface area contributed by atoms with Gasteiger partial charge >= 0.3 is 0 Å². The van der Waals surface area contributed by atoms with Gasteiger partial charge in [0, 0.05) is 25.5 Å². The third-order valence-electron chi connectivity index (χ3n) is 5.49. The Morgan fingerprint density at radius 1 is 1.14 bits per heavy atom. The van der Waals surface area contributed by atoms with E-state index < -0.39 is 10.0 Å². The van der Waals surface area contributed by atoms with Crippen LogP contribution < -0.4 is 14.5 Å². The Bertz CT molecular complexity index is 898. The molecule has 3 rings (SSSR count). The van der Waals surface area contributed by atoms with Crippen LogP contribution in [-0.4, -0.2) is 47.0 Å². The van der Waals surface area contributed by atoms with Crippen molar-refractivity contribution >= 4 is 21.6 Å². The van der Waals surface area contributed by atoms with Gasteiger partial charge in [-0.2, -0.15) is 0 Å². The van der Waals surface area contributed by atoms with Crippen molar-refractivity contribution in [3.63, 3.8) is 0 Å². The molecule has 0 aliphatic carbocycles. The van der Waals surface area contributed by atoms with Crippen LogP contribution in [0.15, 0.2) is 59.5 Å². The molecule has 1 aliphatic heterocycles. The third kappa shape index (κ3) is 4.36. The predicted molar refractivity (Wildman–Crippen MR) is 110 cm³/mol. The van der Waals surface area contributed by atoms with E-state index in [0.717, 1.165) is 13.0 Å². The smallest absolute Gasteiger partial charge is 0.264 e. The molecule has 2 aromatic rings. The summed E-state index contributed by atoms with van der Waals surface area (Å²) in [7, 11) is -2.15. The van der Waals surface area contributed by atoms with Crippen molar-refractivity contribution in [1.82, 2.24) is 5.32 Å². The molecular weight excluding hydrogens is 374 g/mol. The molecule has 0 radical (unpaired) electrons. The minimum absolute atomic E-state index is 0.160. The first-order valence-corrected chi connectivity index (χ1v) is 11.1. The van der Waals surface area contributed by atoms with Crippen LogP contribution in [0.4, 0.5) is 5.69 Å². The van der Waals surface area contributed by atoms with Gasteiger partial charge < -0.3 is 10.2 Å². The highest BCUT2D eigenvalue weighted by atomic mass is 32.2. The number of hydrogen-bond donors (Lipinski definition) is 2. The number of quaternary nitrogens is 1. The lowest BCUT2D eigenvalue weighted by molar-refractivity contribution is -0.909. The minimum atomic E-state index is -3.67. The van der Waals surface area contributed by atoms with Crippen LogP contribution in [0, 0.1) is 0 Å². The van der Waals surface area contributed by atoms with Crippen LogP contribution in [0.3, 0.4) is 0 Å². The summed E-state index contributed by atoms with van der Waals surface area (Å²) < 4.78 is 26.9. The second kappa shape index (κ2) is 8.75. The fourth-order valence-electron chi connectivity index (χ4n) is 3.73. The van der Waals surface area contributed by atoms with E-state index in [9.17, 15) is 13.2 Å². The van der Waals surface area contributed by atoms with E-state index >= 15 is 0 Å². The van der Waals surface area contributed by atoms with Gasteiger partial charge in [0.2, 0.25) is 0 Å². The molecule has 2 atom stereocenters. The molecule has 2 aromatic carbocycles. The summed E-state index contributed by atoms with van der Waals surface area (Å²) in [4.78, 5) is 14.1. The molecule has 0 aromatic heterocycles. The van der Waals surface area contributed by atoms with Crippen LogP contribution in [0.2, 0.25) is 0 Å². The zero-order chi connectivity index (χ0) is 20.1. The van der Waals surface area contributed by atoms with Crippen LogP contribution in [-0.2, 0) is 10.0 Å². The topological polar surface area (TPSA) is 70.9 Å². The number of nitrogens with zero attached hydrogens (tertiary/aromatic N) is 1. The molecule has 1 heterocycles. The van der Waals surface area contributed by atoms with E-state index in [1.54, 1.807) is 36.4 Å². The maximum absolute atomic E-state index is 12.8. The molecule has 1 aliphatic rings. The number of amides is 1. The van der Waals surface area contributed by atoms with Crippen molar-refractivity contribution in [3.05, 3.63) is 60.2 Å². The van der Waals surface area contributed by atoms with Gasteiger partial charge in [0.05, 0.1) is 30.2 Å². The van der Waals surface area contributed by atoms with Gasteiger partial charge in [0.15, 0.2) is 0 Å². The normalized spacial score (nSPS) is 19.4. The monoisotopic (exact) mass is 402 g/mol. The molecule has 1 amide bonds. The van der Waals surface area contributed by atoms with Crippen LogP contribution in [0.1, 0.15) is 30.1 Å². The minimum Gasteiger partial charge on any atom is -0.346 e. The summed E-state index contributed by atoms with van der Waals surface area (Å²) in [5, 5.41) is 2.99. The predicted octanol–water partition coefficient (Wildman–Crippen LogP) is 1.31. The number of sulfonamides is 1. The number of rotatable bonds is 7. The zero-order valence-electron chi connectivity index (χ0n) is 16.4. The SMILES string of the molecule is CC[NH+]1CCC[C@@H]1CNC(=O)c1ccc(S(=O)(=O)N(C)c2ccccc2)cc1. The van der Waals surface area contributed by atoms with Crippen molar-refractivity contribution in [3.8, 4) is 0 Å². The lowest BCUT2D eigenvalue weighted by Gasteiger charge is -2.20. The largest absolute Gasteiger partial charge is 0.346 e. The number of likely N-dealkylation sites (tertiary alicyclic amines) is 1. The van der Waals surface area contributed by atoms with Gasteiger partial charge in [-0.1, -0.05) is 18.2 Å². The number of para-hydroxylation sites is 1. The molecule has 7 heteroatoms. The van der Waals surface area contributed by atoms with E-state index in [1.807, 2.05) is 6.07 Å². The summed E-state index contributed by atoms with van der Waals surface area (Å²) in [5.41, 5.74) is 1.06. The summed E-state index contributed by atoms with van der Waals surface area (Å²) >= 11 is 0. The van der Waals surface area contributed by atoms with Crippen LogP contribution in [0.25, 0.3) is 0 Å². The average molecular weight is 403 g/mol. The Morgan fingerprint density at radius 3 is 2.46 bits per heavy atom. The highest BCUT2D eigenvalue weighted by molar-refractivity contribution is 7.92. The Kier molecular flexibility index (Phi) is 6.36. The van der Waals surface area contributed by atoms with E-state index in [0.29, 0.717) is 23.8 Å². The molecule has 150 valence electrons. The summed E-state index contributed by atoms with van der Waals surface area (Å²) in [5.74, 6) is -0.164. The van der Waals surface area contributed by atoms with Gasteiger partial charge in [-0.15, -0.1) is 0 Å². The fraction of sp³-hybridized carbons (Fsp3) is 0.381. The van der Waals surface area contributed by atoms with Gasteiger partial charge in [-0.3, -0.25) is 9.10 Å². The van der Waals surface area contributed by atoms with Crippen molar-refractivity contribution < 1.29 is 18.1 Å². The summed E-state index contributed by atoms with van der Waals surface area (Å²) in [6.07, 6.45) is 2.33. The quantitative estimate of drug-likeness (QED) is 0.734. The first-order valence-electron chi connectivity index (χ1n) is 9.70. The second-order valence-corrected chi connectivity index (χ2v) is 9.11. The molecule has 1 saturated heterocycles. The number of carbonyl (C=O) groups excluding carboxylic acids is 1. The van der Waals surface area contributed by atoms with E-state index in [-0.39, 0.29) is 10.8 Å². The van der Waals surface area contributed by atoms with Gasteiger partial charge in [-0.25, -0.2) is 8.42 Å². The number of hydrogen-bond acceptors (Lipinski definition) is 3. The number of carbonyl (C=O) groups is 1. The highest BCUT2D eigenvalue weighted by Crippen LogP contribution is 2.21. The van der Waals surface area contributed by atoms with E-state index in [4.69, 9.17) is 0 Å². The molecule has 0 bridgehead atoms. The van der Waals surface area contributed by atoms with E-state index in [1.165, 1.54) is 41.4 Å².